The van der Waals surface area contributed by atoms with Gasteiger partial charge >= 0.3 is 6.18 Å². The van der Waals surface area contributed by atoms with Crippen LogP contribution in [0.4, 0.5) is 30.2 Å². The summed E-state index contributed by atoms with van der Waals surface area (Å²) in [5.74, 6) is 0. The molecular formula is C22H25BrClF3N4O7S2. The smallest absolute Gasteiger partial charge is 0.369 e. The van der Waals surface area contributed by atoms with Crippen molar-refractivity contribution in [3.8, 4) is 0 Å². The van der Waals surface area contributed by atoms with Crippen LogP contribution in [0.15, 0.2) is 41.3 Å². The lowest BCUT2D eigenvalue weighted by Gasteiger charge is -2.36. The Labute approximate surface area is 242 Å². The van der Waals surface area contributed by atoms with Crippen LogP contribution in [-0.4, -0.2) is 83.5 Å². The van der Waals surface area contributed by atoms with Crippen molar-refractivity contribution in [2.75, 3.05) is 67.3 Å². The highest BCUT2D eigenvalue weighted by molar-refractivity contribution is 9.09. The first-order valence-corrected chi connectivity index (χ1v) is 16.4. The van der Waals surface area contributed by atoms with Gasteiger partial charge in [0.25, 0.3) is 15.8 Å². The number of rotatable bonds is 11. The van der Waals surface area contributed by atoms with Gasteiger partial charge in [-0.05, 0) is 18.2 Å². The van der Waals surface area contributed by atoms with Gasteiger partial charge in [-0.25, -0.2) is 8.42 Å². The van der Waals surface area contributed by atoms with Crippen LogP contribution < -0.4 is 9.80 Å². The Kier molecular flexibility index (Phi) is 10.3. The Balaban J connectivity index is 2.09. The van der Waals surface area contributed by atoms with Gasteiger partial charge in [0, 0.05) is 67.4 Å². The Hall–Kier alpha value is -2.18. The molecule has 0 radical (unpaired) electrons. The number of sulfonamides is 1. The van der Waals surface area contributed by atoms with E-state index in [0.717, 1.165) is 21.1 Å². The molecule has 1 heterocycles. The molecule has 40 heavy (non-hydrogen) atoms. The second kappa shape index (κ2) is 12.8. The van der Waals surface area contributed by atoms with Crippen LogP contribution in [-0.2, 0) is 30.5 Å². The fraction of sp³-hybridized carbons (Fsp3) is 0.455. The van der Waals surface area contributed by atoms with Gasteiger partial charge in [-0.3, -0.25) is 14.3 Å². The molecule has 0 amide bonds. The average molecular weight is 694 g/mol. The first-order valence-electron chi connectivity index (χ1n) is 11.6. The lowest BCUT2D eigenvalue weighted by Crippen LogP contribution is -2.49. The molecule has 0 aliphatic carbocycles. The van der Waals surface area contributed by atoms with Gasteiger partial charge < -0.3 is 9.80 Å². The first-order chi connectivity index (χ1) is 18.5. The van der Waals surface area contributed by atoms with E-state index in [9.17, 15) is 40.1 Å². The molecule has 1 aliphatic heterocycles. The molecule has 0 saturated carbocycles. The van der Waals surface area contributed by atoms with E-state index in [4.69, 9.17) is 11.6 Å². The summed E-state index contributed by atoms with van der Waals surface area (Å²) in [5.41, 5.74) is -2.70. The fourth-order valence-electron chi connectivity index (χ4n) is 4.17. The van der Waals surface area contributed by atoms with Crippen molar-refractivity contribution in [2.45, 2.75) is 11.1 Å². The minimum Gasteiger partial charge on any atom is -0.369 e. The van der Waals surface area contributed by atoms with Gasteiger partial charge in [0.15, 0.2) is 0 Å². The highest BCUT2D eigenvalue weighted by Crippen LogP contribution is 2.44. The van der Waals surface area contributed by atoms with Crippen LogP contribution in [0, 0.1) is 10.1 Å². The Morgan fingerprint density at radius 2 is 1.75 bits per heavy atom. The number of non-ortho nitro benzene ring substituents is 1. The number of alkyl halides is 4. The third-order valence-electron chi connectivity index (χ3n) is 5.94. The molecule has 11 nitrogen and oxygen atoms in total. The monoisotopic (exact) mass is 692 g/mol. The van der Waals surface area contributed by atoms with Crippen molar-refractivity contribution >= 4 is 64.7 Å². The van der Waals surface area contributed by atoms with Gasteiger partial charge in [0.1, 0.15) is 4.90 Å². The molecule has 1 saturated heterocycles. The van der Waals surface area contributed by atoms with Crippen molar-refractivity contribution in [2.24, 2.45) is 0 Å². The number of benzene rings is 2. The molecule has 2 aromatic rings. The zero-order chi connectivity index (χ0) is 29.9. The zero-order valence-electron chi connectivity index (χ0n) is 21.0. The lowest BCUT2D eigenvalue weighted by atomic mass is 10.1. The highest BCUT2D eigenvalue weighted by Gasteiger charge is 2.42. The summed E-state index contributed by atoms with van der Waals surface area (Å²) in [6.07, 6.45) is -4.42. The second-order valence-electron chi connectivity index (χ2n) is 8.67. The van der Waals surface area contributed by atoms with Crippen LogP contribution in [0.5, 0.6) is 0 Å². The molecule has 0 spiro atoms. The molecule has 0 bridgehead atoms. The first kappa shape index (κ1) is 32.3. The van der Waals surface area contributed by atoms with Gasteiger partial charge in [-0.1, -0.05) is 33.6 Å². The predicted octanol–water partition coefficient (Wildman–Crippen LogP) is 3.96. The van der Waals surface area contributed by atoms with Crippen molar-refractivity contribution in [3.05, 3.63) is 57.1 Å². The number of nitrogens with zero attached hydrogens (tertiary/aromatic N) is 4. The summed E-state index contributed by atoms with van der Waals surface area (Å²) < 4.78 is 98.9. The molecule has 0 unspecified atom stereocenters. The Morgan fingerprint density at radius 3 is 2.27 bits per heavy atom. The van der Waals surface area contributed by atoms with E-state index in [-0.39, 0.29) is 44.1 Å². The Morgan fingerprint density at radius 1 is 1.10 bits per heavy atom. The molecule has 0 atom stereocenters. The van der Waals surface area contributed by atoms with E-state index in [2.05, 4.69) is 20.1 Å². The summed E-state index contributed by atoms with van der Waals surface area (Å²) in [6.45, 7) is -1.10. The van der Waals surface area contributed by atoms with Crippen molar-refractivity contribution in [1.82, 2.24) is 4.31 Å². The minimum absolute atomic E-state index is 0.0674. The SMILES string of the molecule is CS(=O)(=O)OCCN(CCBr)c1c(C(F)(F)F)cc([N+](=O)[O-])cc1S(=O)(=O)N1CCN(c2cccc(Cl)c2)CC1. The number of piperazine rings is 1. The summed E-state index contributed by atoms with van der Waals surface area (Å²) in [7, 11) is -8.65. The largest absolute Gasteiger partial charge is 0.418 e. The third-order valence-corrected chi connectivity index (χ3v) is 9.03. The number of anilines is 2. The second-order valence-corrected chi connectivity index (χ2v) is 13.4. The third kappa shape index (κ3) is 7.97. The van der Waals surface area contributed by atoms with Crippen LogP contribution in [0.25, 0.3) is 0 Å². The van der Waals surface area contributed by atoms with E-state index in [1.54, 1.807) is 24.3 Å². The summed E-state index contributed by atoms with van der Waals surface area (Å²) >= 11 is 9.15. The van der Waals surface area contributed by atoms with Crippen LogP contribution in [0.3, 0.4) is 0 Å². The van der Waals surface area contributed by atoms with Gasteiger partial charge in [-0.2, -0.15) is 25.9 Å². The summed E-state index contributed by atoms with van der Waals surface area (Å²) in [4.78, 5) is 12.4. The Bertz CT molecular complexity index is 1450. The van der Waals surface area contributed by atoms with E-state index in [1.807, 2.05) is 4.90 Å². The average Bonchev–Trinajstić information content (AvgIpc) is 2.86. The molecule has 2 aromatic carbocycles. The molecule has 0 N–H and O–H groups in total. The normalized spacial score (nSPS) is 15.3. The molecule has 0 aromatic heterocycles. The molecule has 1 aliphatic rings. The maximum Gasteiger partial charge on any atom is 0.418 e. The topological polar surface area (TPSA) is 130 Å². The summed E-state index contributed by atoms with van der Waals surface area (Å²) in [5, 5.41) is 12.1. The predicted molar refractivity (Wildman–Crippen MR) is 147 cm³/mol. The maximum absolute atomic E-state index is 14.3. The van der Waals surface area contributed by atoms with Gasteiger partial charge in [0.05, 0.1) is 29.0 Å². The zero-order valence-corrected chi connectivity index (χ0v) is 24.9. The van der Waals surface area contributed by atoms with Crippen LogP contribution >= 0.6 is 27.5 Å². The summed E-state index contributed by atoms with van der Waals surface area (Å²) in [6, 6.07) is 7.73. The van der Waals surface area contributed by atoms with E-state index in [1.165, 1.54) is 0 Å². The molecular weight excluding hydrogens is 669 g/mol. The van der Waals surface area contributed by atoms with E-state index >= 15 is 0 Å². The number of nitro groups is 1. The van der Waals surface area contributed by atoms with E-state index in [0.29, 0.717) is 11.1 Å². The number of hydrogen-bond acceptors (Lipinski definition) is 9. The number of halogens is 5. The number of nitro benzene ring substituents is 1. The molecule has 222 valence electrons. The van der Waals surface area contributed by atoms with E-state index < -0.39 is 66.2 Å². The van der Waals surface area contributed by atoms with Crippen LogP contribution in [0.1, 0.15) is 5.56 Å². The standard InChI is InChI=1S/C22H25BrClF3N4O7S2/c1-39(34,35)38-12-11-29(6-5-23)21-19(22(25,26)27)14-18(31(32)33)15-20(21)40(36,37)30-9-7-28(8-10-30)17-4-2-3-16(24)13-17/h2-4,13-15H,5-12H2,1H3. The van der Waals surface area contributed by atoms with Gasteiger partial charge in [0.2, 0.25) is 10.0 Å². The fourth-order valence-corrected chi connectivity index (χ4v) is 6.84. The van der Waals surface area contributed by atoms with Crippen LogP contribution in [0.2, 0.25) is 5.02 Å². The lowest BCUT2D eigenvalue weighted by molar-refractivity contribution is -0.385. The quantitative estimate of drug-likeness (QED) is 0.149. The highest BCUT2D eigenvalue weighted by atomic mass is 79.9. The minimum atomic E-state index is -5.18. The van der Waals surface area contributed by atoms with Crippen molar-refractivity contribution in [3.63, 3.8) is 0 Å². The maximum atomic E-state index is 14.3. The van der Waals surface area contributed by atoms with Crippen molar-refractivity contribution < 1.29 is 39.1 Å². The number of hydrogen-bond donors (Lipinski definition) is 0. The molecule has 1 fully saturated rings. The van der Waals surface area contributed by atoms with Gasteiger partial charge in [-0.15, -0.1) is 0 Å². The van der Waals surface area contributed by atoms with Crippen molar-refractivity contribution in [1.29, 1.82) is 0 Å². The molecule has 3 rings (SSSR count). The molecule has 18 heteroatoms.